The Morgan fingerprint density at radius 1 is 1.42 bits per heavy atom. The molecule has 0 radical (unpaired) electrons. The molecular weight excluding hydrogens is 304 g/mol. The molecule has 0 saturated carbocycles. The topological polar surface area (TPSA) is 79.2 Å². The molecule has 1 saturated heterocycles. The first-order valence-electron chi connectivity index (χ1n) is 8.72. The lowest BCUT2D eigenvalue weighted by molar-refractivity contribution is 0.0920. The number of rotatable bonds is 5. The highest BCUT2D eigenvalue weighted by molar-refractivity contribution is 6.05. The highest BCUT2D eigenvalue weighted by Crippen LogP contribution is 2.22. The Labute approximate surface area is 142 Å². The lowest BCUT2D eigenvalue weighted by atomic mass is 9.98. The van der Waals surface area contributed by atoms with E-state index >= 15 is 0 Å². The van der Waals surface area contributed by atoms with E-state index in [0.29, 0.717) is 11.7 Å². The van der Waals surface area contributed by atoms with Crippen LogP contribution in [0.25, 0.3) is 10.9 Å². The van der Waals surface area contributed by atoms with Gasteiger partial charge in [-0.15, -0.1) is 0 Å². The van der Waals surface area contributed by atoms with E-state index in [1.54, 1.807) is 0 Å². The van der Waals surface area contributed by atoms with Crippen LogP contribution in [0.3, 0.4) is 0 Å². The predicted molar refractivity (Wildman–Crippen MR) is 94.1 cm³/mol. The fourth-order valence-corrected chi connectivity index (χ4v) is 3.35. The van der Waals surface area contributed by atoms with Crippen LogP contribution in [0.1, 0.15) is 49.6 Å². The smallest absolute Gasteiger partial charge is 0.272 e. The van der Waals surface area contributed by atoms with Crippen molar-refractivity contribution in [2.24, 2.45) is 0 Å². The van der Waals surface area contributed by atoms with E-state index in [9.17, 15) is 4.79 Å². The molecule has 2 heterocycles. The van der Waals surface area contributed by atoms with Crippen LogP contribution in [0.15, 0.2) is 24.3 Å². The van der Waals surface area contributed by atoms with Gasteiger partial charge >= 0.3 is 0 Å². The molecule has 1 aromatic heterocycles. The van der Waals surface area contributed by atoms with Gasteiger partial charge in [-0.3, -0.25) is 9.48 Å². The van der Waals surface area contributed by atoms with Crippen molar-refractivity contribution < 1.29 is 9.90 Å². The Morgan fingerprint density at radius 2 is 2.21 bits per heavy atom. The van der Waals surface area contributed by atoms with Gasteiger partial charge in [0.1, 0.15) is 0 Å². The maximum atomic E-state index is 12.7. The number of aliphatic hydroxyl groups is 1. The van der Waals surface area contributed by atoms with Crippen molar-refractivity contribution in [3.8, 4) is 0 Å². The summed E-state index contributed by atoms with van der Waals surface area (Å²) in [5, 5.41) is 20.9. The number of aliphatic hydroxyl groups excluding tert-OH is 1. The third-order valence-electron chi connectivity index (χ3n) is 4.65. The van der Waals surface area contributed by atoms with E-state index in [1.165, 1.54) is 0 Å². The number of carbonyl (C=O) groups is 1. The van der Waals surface area contributed by atoms with Crippen molar-refractivity contribution in [2.45, 2.75) is 51.2 Å². The molecule has 3 rings (SSSR count). The maximum absolute atomic E-state index is 12.7. The van der Waals surface area contributed by atoms with E-state index in [1.807, 2.05) is 28.9 Å². The van der Waals surface area contributed by atoms with Crippen molar-refractivity contribution in [2.75, 3.05) is 13.2 Å². The molecule has 0 bridgehead atoms. The number of nitrogens with one attached hydrogen (secondary N) is 2. The maximum Gasteiger partial charge on any atom is 0.272 e. The summed E-state index contributed by atoms with van der Waals surface area (Å²) < 4.78 is 1.90. The first kappa shape index (κ1) is 16.9. The van der Waals surface area contributed by atoms with Crippen molar-refractivity contribution in [3.63, 3.8) is 0 Å². The molecular formula is C18H26N4O2. The number of piperidine rings is 1. The molecule has 1 aromatic carbocycles. The second-order valence-electron chi connectivity index (χ2n) is 6.77. The first-order chi connectivity index (χ1) is 11.6. The van der Waals surface area contributed by atoms with Gasteiger partial charge in [0.15, 0.2) is 5.69 Å². The molecule has 0 aliphatic carbocycles. The lowest BCUT2D eigenvalue weighted by Crippen LogP contribution is -2.49. The number of hydrogen-bond donors (Lipinski definition) is 3. The molecule has 1 fully saturated rings. The van der Waals surface area contributed by atoms with Crippen LogP contribution in [-0.4, -0.2) is 46.0 Å². The number of para-hydroxylation sites is 1. The fraction of sp³-hybridized carbons (Fsp3) is 0.556. The Bertz CT molecular complexity index is 702. The van der Waals surface area contributed by atoms with Crippen LogP contribution < -0.4 is 10.6 Å². The largest absolute Gasteiger partial charge is 0.396 e. The average molecular weight is 330 g/mol. The standard InChI is InChI=1S/C18H26N4O2/c1-12(2)22-16-6-4-3-5-15(16)17(21-22)18(24)20-14-8-7-13(9-10-23)19-11-14/h3-6,12-14,19,23H,7-11H2,1-2H3,(H,20,24)/t13-,14-/m1/s1. The summed E-state index contributed by atoms with van der Waals surface area (Å²) in [7, 11) is 0. The molecule has 6 heteroatoms. The molecule has 1 amide bonds. The lowest BCUT2D eigenvalue weighted by Gasteiger charge is -2.30. The van der Waals surface area contributed by atoms with E-state index in [2.05, 4.69) is 29.6 Å². The Morgan fingerprint density at radius 3 is 2.88 bits per heavy atom. The van der Waals surface area contributed by atoms with Gasteiger partial charge in [0.05, 0.1) is 5.52 Å². The normalized spacial score (nSPS) is 21.3. The molecule has 6 nitrogen and oxygen atoms in total. The molecule has 1 aliphatic rings. The van der Waals surface area contributed by atoms with E-state index in [-0.39, 0.29) is 24.6 Å². The molecule has 0 unspecified atom stereocenters. The zero-order valence-corrected chi connectivity index (χ0v) is 14.3. The average Bonchev–Trinajstić information content (AvgIpc) is 2.97. The van der Waals surface area contributed by atoms with Gasteiger partial charge in [-0.25, -0.2) is 0 Å². The van der Waals surface area contributed by atoms with Crippen LogP contribution in [0.5, 0.6) is 0 Å². The number of aromatic nitrogens is 2. The molecule has 2 atom stereocenters. The van der Waals surface area contributed by atoms with Crippen LogP contribution in [-0.2, 0) is 0 Å². The SMILES string of the molecule is CC(C)n1nc(C(=O)N[C@@H]2CC[C@H](CCO)NC2)c2ccccc21. The summed E-state index contributed by atoms with van der Waals surface area (Å²) in [5.74, 6) is -0.113. The van der Waals surface area contributed by atoms with E-state index in [0.717, 1.165) is 36.7 Å². The third-order valence-corrected chi connectivity index (χ3v) is 4.65. The minimum atomic E-state index is -0.113. The number of nitrogens with zero attached hydrogens (tertiary/aromatic N) is 2. The second-order valence-corrected chi connectivity index (χ2v) is 6.77. The van der Waals surface area contributed by atoms with Gasteiger partial charge in [0, 0.05) is 36.7 Å². The molecule has 3 N–H and O–H groups in total. The number of carbonyl (C=O) groups excluding carboxylic acids is 1. The minimum absolute atomic E-state index is 0.107. The number of fused-ring (bicyclic) bond motifs is 1. The summed E-state index contributed by atoms with van der Waals surface area (Å²) in [5.41, 5.74) is 1.49. The van der Waals surface area contributed by atoms with Gasteiger partial charge in [-0.1, -0.05) is 18.2 Å². The number of amides is 1. The van der Waals surface area contributed by atoms with Gasteiger partial charge in [0.2, 0.25) is 0 Å². The molecule has 0 spiro atoms. The number of hydrogen-bond acceptors (Lipinski definition) is 4. The van der Waals surface area contributed by atoms with Gasteiger partial charge < -0.3 is 15.7 Å². The van der Waals surface area contributed by atoms with Crippen LogP contribution >= 0.6 is 0 Å². The highest BCUT2D eigenvalue weighted by atomic mass is 16.3. The van der Waals surface area contributed by atoms with E-state index in [4.69, 9.17) is 5.11 Å². The monoisotopic (exact) mass is 330 g/mol. The van der Waals surface area contributed by atoms with Gasteiger partial charge in [-0.2, -0.15) is 5.10 Å². The Kier molecular flexibility index (Phi) is 5.16. The summed E-state index contributed by atoms with van der Waals surface area (Å²) in [6.07, 6.45) is 2.66. The molecule has 1 aliphatic heterocycles. The second kappa shape index (κ2) is 7.32. The summed E-state index contributed by atoms with van der Waals surface area (Å²) in [6.45, 7) is 5.06. The van der Waals surface area contributed by atoms with Crippen molar-refractivity contribution >= 4 is 16.8 Å². The number of benzene rings is 1. The first-order valence-corrected chi connectivity index (χ1v) is 8.72. The molecule has 130 valence electrons. The van der Waals surface area contributed by atoms with Gasteiger partial charge in [-0.05, 0) is 39.2 Å². The minimum Gasteiger partial charge on any atom is -0.396 e. The summed E-state index contributed by atoms with van der Waals surface area (Å²) >= 11 is 0. The summed E-state index contributed by atoms with van der Waals surface area (Å²) in [6, 6.07) is 8.52. The van der Waals surface area contributed by atoms with Crippen LogP contribution in [0, 0.1) is 0 Å². The summed E-state index contributed by atoms with van der Waals surface area (Å²) in [4.78, 5) is 12.7. The van der Waals surface area contributed by atoms with Crippen LogP contribution in [0.2, 0.25) is 0 Å². The van der Waals surface area contributed by atoms with Crippen molar-refractivity contribution in [1.82, 2.24) is 20.4 Å². The Balaban J connectivity index is 1.73. The van der Waals surface area contributed by atoms with Crippen molar-refractivity contribution in [1.29, 1.82) is 0 Å². The Hall–Kier alpha value is -1.92. The fourth-order valence-electron chi connectivity index (χ4n) is 3.35. The predicted octanol–water partition coefficient (Wildman–Crippen LogP) is 1.85. The molecule has 2 aromatic rings. The molecule has 24 heavy (non-hydrogen) atoms. The third kappa shape index (κ3) is 3.44. The zero-order chi connectivity index (χ0) is 17.1. The quantitative estimate of drug-likeness (QED) is 0.782. The highest BCUT2D eigenvalue weighted by Gasteiger charge is 2.24. The van der Waals surface area contributed by atoms with Crippen molar-refractivity contribution in [3.05, 3.63) is 30.0 Å². The van der Waals surface area contributed by atoms with Crippen LogP contribution in [0.4, 0.5) is 0 Å². The van der Waals surface area contributed by atoms with E-state index < -0.39 is 0 Å². The zero-order valence-electron chi connectivity index (χ0n) is 14.3. The van der Waals surface area contributed by atoms with Gasteiger partial charge in [0.25, 0.3) is 5.91 Å².